The van der Waals surface area contributed by atoms with Crippen molar-refractivity contribution in [2.75, 3.05) is 16.8 Å². The number of carbonyl (C=O) groups is 1. The summed E-state index contributed by atoms with van der Waals surface area (Å²) in [4.78, 5) is 36.8. The molecule has 0 aromatic carbocycles. The molecule has 2 aliphatic rings. The number of aliphatic hydroxyl groups is 1. The lowest BCUT2D eigenvalue weighted by Gasteiger charge is -2.31. The summed E-state index contributed by atoms with van der Waals surface area (Å²) in [6.07, 6.45) is 6.81. The van der Waals surface area contributed by atoms with Gasteiger partial charge < -0.3 is 24.0 Å². The van der Waals surface area contributed by atoms with Gasteiger partial charge in [-0.25, -0.2) is 9.97 Å². The Bertz CT molecular complexity index is 1640. The quantitative estimate of drug-likeness (QED) is 0.418. The number of pyridine rings is 2. The number of carbonyl (C=O) groups excluding carboxylic acids is 1. The summed E-state index contributed by atoms with van der Waals surface area (Å²) in [7, 11) is 1.65. The number of nitrogens with zero attached hydrogens (tertiary/aromatic N) is 5. The molecule has 0 radical (unpaired) electrons. The maximum absolute atomic E-state index is 13.7. The van der Waals surface area contributed by atoms with E-state index in [-0.39, 0.29) is 35.2 Å². The van der Waals surface area contributed by atoms with E-state index in [1.54, 1.807) is 49.6 Å². The molecule has 1 aliphatic carbocycles. The number of nitrogens with one attached hydrogen (secondary N) is 1. The molecular formula is C28H30N6O4. The second kappa shape index (κ2) is 8.70. The predicted molar refractivity (Wildman–Crippen MR) is 143 cm³/mol. The number of aliphatic hydroxyl groups excluding tert-OH is 1. The molecule has 0 saturated heterocycles. The standard InChI is InChI=1S/C28H30N6O4/c1-16-13-30-27(38-16)31-21-9-18(14-32(4)25(21)36)19-5-6-29-24(20(19)15-35)34-8-7-33-22(26(34)37)10-17-11-28(2,3)12-23(17)33/h5-6,9-10,13-14,35H,7-8,11-12,15H2,1-4H3,(H,30,31). The van der Waals surface area contributed by atoms with E-state index in [9.17, 15) is 14.7 Å². The summed E-state index contributed by atoms with van der Waals surface area (Å²) < 4.78 is 9.09. The van der Waals surface area contributed by atoms with Crippen molar-refractivity contribution in [1.29, 1.82) is 0 Å². The highest BCUT2D eigenvalue weighted by Crippen LogP contribution is 2.40. The summed E-state index contributed by atoms with van der Waals surface area (Å²) in [5.41, 5.74) is 5.28. The molecule has 1 aliphatic heterocycles. The number of anilines is 3. The first-order valence-corrected chi connectivity index (χ1v) is 12.7. The van der Waals surface area contributed by atoms with Crippen molar-refractivity contribution < 1.29 is 14.3 Å². The number of hydrogen-bond acceptors (Lipinski definition) is 7. The third-order valence-electron chi connectivity index (χ3n) is 7.43. The van der Waals surface area contributed by atoms with Crippen molar-refractivity contribution in [2.45, 2.75) is 46.8 Å². The van der Waals surface area contributed by atoms with Crippen molar-refractivity contribution in [1.82, 2.24) is 19.1 Å². The number of oxazole rings is 1. The fraction of sp³-hybridized carbons (Fsp3) is 0.357. The zero-order valence-electron chi connectivity index (χ0n) is 21.9. The third-order valence-corrected chi connectivity index (χ3v) is 7.43. The molecule has 0 saturated carbocycles. The molecule has 6 rings (SSSR count). The van der Waals surface area contributed by atoms with Crippen LogP contribution in [0.3, 0.4) is 0 Å². The molecule has 4 aromatic heterocycles. The second-order valence-electron chi connectivity index (χ2n) is 10.9. The van der Waals surface area contributed by atoms with Gasteiger partial charge in [-0.15, -0.1) is 0 Å². The molecule has 0 fully saturated rings. The van der Waals surface area contributed by atoms with E-state index in [1.165, 1.54) is 15.8 Å². The number of aromatic nitrogens is 4. The topological polar surface area (TPSA) is 118 Å². The monoisotopic (exact) mass is 514 g/mol. The molecule has 0 spiro atoms. The van der Waals surface area contributed by atoms with Crippen LogP contribution in [0.15, 0.2) is 46.0 Å². The van der Waals surface area contributed by atoms with E-state index in [0.717, 1.165) is 12.8 Å². The highest BCUT2D eigenvalue weighted by atomic mass is 16.4. The molecule has 4 aromatic rings. The van der Waals surface area contributed by atoms with Crippen LogP contribution in [0.1, 0.15) is 46.9 Å². The number of rotatable bonds is 5. The first kappa shape index (κ1) is 24.2. The fourth-order valence-electron chi connectivity index (χ4n) is 5.73. The lowest BCUT2D eigenvalue weighted by Crippen LogP contribution is -2.41. The van der Waals surface area contributed by atoms with Gasteiger partial charge >= 0.3 is 0 Å². The summed E-state index contributed by atoms with van der Waals surface area (Å²) >= 11 is 0. The maximum atomic E-state index is 13.7. The van der Waals surface area contributed by atoms with E-state index < -0.39 is 0 Å². The number of hydrogen-bond donors (Lipinski definition) is 2. The van der Waals surface area contributed by atoms with Crippen LogP contribution >= 0.6 is 0 Å². The van der Waals surface area contributed by atoms with Gasteiger partial charge in [0.15, 0.2) is 0 Å². The summed E-state index contributed by atoms with van der Waals surface area (Å²) in [5, 5.41) is 13.4. The Morgan fingerprint density at radius 3 is 2.71 bits per heavy atom. The average molecular weight is 515 g/mol. The van der Waals surface area contributed by atoms with Crippen LogP contribution in [0.25, 0.3) is 11.1 Å². The summed E-state index contributed by atoms with van der Waals surface area (Å²) in [6, 6.07) is 5.71. The van der Waals surface area contributed by atoms with Gasteiger partial charge in [0.1, 0.15) is 23.0 Å². The predicted octanol–water partition coefficient (Wildman–Crippen LogP) is 3.57. The Hall–Kier alpha value is -4.18. The molecule has 5 heterocycles. The Balaban J connectivity index is 1.38. The van der Waals surface area contributed by atoms with Gasteiger partial charge in [-0.05, 0) is 54.5 Å². The zero-order valence-corrected chi connectivity index (χ0v) is 21.9. The minimum Gasteiger partial charge on any atom is -0.429 e. The molecule has 0 atom stereocenters. The van der Waals surface area contributed by atoms with Gasteiger partial charge in [0, 0.05) is 49.4 Å². The van der Waals surface area contributed by atoms with Crippen molar-refractivity contribution in [3.8, 4) is 11.1 Å². The van der Waals surface area contributed by atoms with Crippen LogP contribution in [-0.4, -0.2) is 36.7 Å². The van der Waals surface area contributed by atoms with E-state index in [2.05, 4.69) is 33.7 Å². The van der Waals surface area contributed by atoms with Crippen molar-refractivity contribution in [2.24, 2.45) is 12.5 Å². The fourth-order valence-corrected chi connectivity index (χ4v) is 5.73. The first-order chi connectivity index (χ1) is 18.1. The van der Waals surface area contributed by atoms with E-state index in [0.29, 0.717) is 47.1 Å². The summed E-state index contributed by atoms with van der Waals surface area (Å²) in [6.45, 7) is 7.09. The minimum absolute atomic E-state index is 0.120. The smallest absolute Gasteiger partial charge is 0.299 e. The Labute approximate surface area is 219 Å². The molecule has 0 bridgehead atoms. The summed E-state index contributed by atoms with van der Waals surface area (Å²) in [5.74, 6) is 0.924. The van der Waals surface area contributed by atoms with Gasteiger partial charge in [0.2, 0.25) is 0 Å². The van der Waals surface area contributed by atoms with Crippen LogP contribution in [0, 0.1) is 12.3 Å². The van der Waals surface area contributed by atoms with Crippen LogP contribution in [-0.2, 0) is 33.0 Å². The largest absolute Gasteiger partial charge is 0.429 e. The van der Waals surface area contributed by atoms with Gasteiger partial charge in [-0.2, -0.15) is 0 Å². The van der Waals surface area contributed by atoms with Crippen LogP contribution in [0.5, 0.6) is 0 Å². The SMILES string of the molecule is Cc1cnc(Nc2cc(-c3ccnc(N4CCn5c(cc6c5CC(C)(C)C6)C4=O)c3CO)cn(C)c2=O)o1. The number of fused-ring (bicyclic) bond motifs is 3. The number of amides is 1. The van der Waals surface area contributed by atoms with E-state index >= 15 is 0 Å². The second-order valence-corrected chi connectivity index (χ2v) is 10.9. The van der Waals surface area contributed by atoms with Crippen molar-refractivity contribution in [3.63, 3.8) is 0 Å². The van der Waals surface area contributed by atoms with E-state index in [4.69, 9.17) is 4.42 Å². The molecule has 10 nitrogen and oxygen atoms in total. The van der Waals surface area contributed by atoms with Gasteiger partial charge in [0.05, 0.1) is 12.8 Å². The molecule has 1 amide bonds. The molecule has 38 heavy (non-hydrogen) atoms. The highest BCUT2D eigenvalue weighted by molar-refractivity contribution is 6.06. The lowest BCUT2D eigenvalue weighted by atomic mass is 9.90. The van der Waals surface area contributed by atoms with Gasteiger partial charge in [0.25, 0.3) is 17.5 Å². The Morgan fingerprint density at radius 1 is 1.16 bits per heavy atom. The Morgan fingerprint density at radius 2 is 1.97 bits per heavy atom. The minimum atomic E-state index is -0.321. The van der Waals surface area contributed by atoms with Gasteiger partial charge in [-0.1, -0.05) is 13.8 Å². The average Bonchev–Trinajstić information content (AvgIpc) is 3.53. The first-order valence-electron chi connectivity index (χ1n) is 12.7. The van der Waals surface area contributed by atoms with Crippen molar-refractivity contribution in [3.05, 3.63) is 75.4 Å². The molecule has 196 valence electrons. The molecule has 2 N–H and O–H groups in total. The van der Waals surface area contributed by atoms with Gasteiger partial charge in [-0.3, -0.25) is 14.5 Å². The molecule has 10 heteroatoms. The Kier molecular flexibility index (Phi) is 5.53. The lowest BCUT2D eigenvalue weighted by molar-refractivity contribution is 0.0962. The third kappa shape index (κ3) is 3.92. The number of aryl methyl sites for hydroxylation is 2. The zero-order chi connectivity index (χ0) is 26.8. The van der Waals surface area contributed by atoms with Crippen LogP contribution in [0.2, 0.25) is 0 Å². The molecular weight excluding hydrogens is 484 g/mol. The van der Waals surface area contributed by atoms with Crippen LogP contribution in [0.4, 0.5) is 17.5 Å². The van der Waals surface area contributed by atoms with E-state index in [1.807, 2.05) is 6.07 Å². The normalized spacial score (nSPS) is 16.0. The highest BCUT2D eigenvalue weighted by Gasteiger charge is 2.37. The van der Waals surface area contributed by atoms with Crippen molar-refractivity contribution >= 4 is 23.4 Å². The van der Waals surface area contributed by atoms with Crippen LogP contribution < -0.4 is 15.8 Å². The maximum Gasteiger partial charge on any atom is 0.299 e. The molecule has 0 unspecified atom stereocenters.